The van der Waals surface area contributed by atoms with Gasteiger partial charge in [0.2, 0.25) is 0 Å². The standard InChI is InChI=1S/C13H17N3O/c1-14-12(9-13-15-6-7-16-13)10-4-3-5-11(8-10)17-2/h3-8,12,14H,9H2,1-2H3,(H,15,16). The van der Waals surface area contributed by atoms with E-state index in [9.17, 15) is 0 Å². The first-order valence-corrected chi connectivity index (χ1v) is 5.63. The number of nitrogens with one attached hydrogen (secondary N) is 2. The first-order chi connectivity index (χ1) is 8.33. The Hall–Kier alpha value is -1.81. The van der Waals surface area contributed by atoms with Crippen LogP contribution in [0.4, 0.5) is 0 Å². The molecule has 0 fully saturated rings. The average molecular weight is 231 g/mol. The second-order valence-electron chi connectivity index (χ2n) is 3.86. The van der Waals surface area contributed by atoms with Gasteiger partial charge in [-0.2, -0.15) is 0 Å². The van der Waals surface area contributed by atoms with Crippen molar-refractivity contribution >= 4 is 0 Å². The van der Waals surface area contributed by atoms with Gasteiger partial charge in [-0.15, -0.1) is 0 Å². The molecular weight excluding hydrogens is 214 g/mol. The Morgan fingerprint density at radius 2 is 2.35 bits per heavy atom. The summed E-state index contributed by atoms with van der Waals surface area (Å²) >= 11 is 0. The zero-order chi connectivity index (χ0) is 12.1. The zero-order valence-electron chi connectivity index (χ0n) is 10.1. The van der Waals surface area contributed by atoms with Crippen molar-refractivity contribution in [2.75, 3.05) is 14.2 Å². The van der Waals surface area contributed by atoms with Crippen LogP contribution in [0.25, 0.3) is 0 Å². The Kier molecular flexibility index (Phi) is 3.77. The smallest absolute Gasteiger partial charge is 0.119 e. The van der Waals surface area contributed by atoms with Crippen LogP contribution >= 0.6 is 0 Å². The lowest BCUT2D eigenvalue weighted by Gasteiger charge is -2.16. The molecule has 90 valence electrons. The Morgan fingerprint density at radius 3 is 3.00 bits per heavy atom. The lowest BCUT2D eigenvalue weighted by molar-refractivity contribution is 0.413. The van der Waals surface area contributed by atoms with E-state index in [1.54, 1.807) is 13.3 Å². The maximum Gasteiger partial charge on any atom is 0.119 e. The Labute approximate surface area is 101 Å². The maximum absolute atomic E-state index is 5.23. The molecule has 0 amide bonds. The van der Waals surface area contributed by atoms with E-state index in [1.807, 2.05) is 31.4 Å². The first kappa shape index (κ1) is 11.7. The van der Waals surface area contributed by atoms with Gasteiger partial charge in [0, 0.05) is 24.9 Å². The number of benzene rings is 1. The number of rotatable bonds is 5. The van der Waals surface area contributed by atoms with Gasteiger partial charge in [-0.3, -0.25) is 0 Å². The number of hydrogen-bond acceptors (Lipinski definition) is 3. The quantitative estimate of drug-likeness (QED) is 0.826. The normalized spacial score (nSPS) is 12.4. The third kappa shape index (κ3) is 2.85. The lowest BCUT2D eigenvalue weighted by atomic mass is 10.0. The summed E-state index contributed by atoms with van der Waals surface area (Å²) in [5, 5.41) is 3.29. The highest BCUT2D eigenvalue weighted by atomic mass is 16.5. The lowest BCUT2D eigenvalue weighted by Crippen LogP contribution is -2.19. The van der Waals surface area contributed by atoms with E-state index in [0.29, 0.717) is 0 Å². The molecule has 0 aliphatic heterocycles. The van der Waals surface area contributed by atoms with Crippen molar-refractivity contribution in [3.05, 3.63) is 48.0 Å². The van der Waals surface area contributed by atoms with Crippen LogP contribution in [0.1, 0.15) is 17.4 Å². The van der Waals surface area contributed by atoms with Gasteiger partial charge in [0.05, 0.1) is 7.11 Å². The minimum atomic E-state index is 0.233. The SMILES string of the molecule is CNC(Cc1ncc[nH]1)c1cccc(OC)c1. The molecule has 2 N–H and O–H groups in total. The van der Waals surface area contributed by atoms with Gasteiger partial charge in [0.25, 0.3) is 0 Å². The molecule has 2 aromatic rings. The molecule has 1 unspecified atom stereocenters. The molecule has 4 nitrogen and oxygen atoms in total. The molecule has 1 aromatic carbocycles. The number of nitrogens with zero attached hydrogens (tertiary/aromatic N) is 1. The summed E-state index contributed by atoms with van der Waals surface area (Å²) in [6, 6.07) is 8.32. The highest BCUT2D eigenvalue weighted by molar-refractivity contribution is 5.30. The van der Waals surface area contributed by atoms with E-state index in [0.717, 1.165) is 18.0 Å². The summed E-state index contributed by atoms with van der Waals surface area (Å²) in [7, 11) is 3.63. The minimum absolute atomic E-state index is 0.233. The van der Waals surface area contributed by atoms with Gasteiger partial charge in [-0.25, -0.2) is 4.98 Å². The molecule has 0 spiro atoms. The van der Waals surface area contributed by atoms with Crippen molar-refractivity contribution in [1.29, 1.82) is 0 Å². The number of imidazole rings is 1. The number of aromatic amines is 1. The van der Waals surface area contributed by atoms with Crippen LogP contribution in [0.2, 0.25) is 0 Å². The van der Waals surface area contributed by atoms with Gasteiger partial charge < -0.3 is 15.0 Å². The van der Waals surface area contributed by atoms with Crippen LogP contribution in [-0.2, 0) is 6.42 Å². The third-order valence-corrected chi connectivity index (χ3v) is 2.80. The Bertz CT molecular complexity index is 453. The van der Waals surface area contributed by atoms with E-state index in [4.69, 9.17) is 4.74 Å². The predicted molar refractivity (Wildman–Crippen MR) is 67.1 cm³/mol. The molecular formula is C13H17N3O. The first-order valence-electron chi connectivity index (χ1n) is 5.63. The Morgan fingerprint density at radius 1 is 1.47 bits per heavy atom. The highest BCUT2D eigenvalue weighted by Crippen LogP contribution is 2.21. The molecule has 0 aliphatic carbocycles. The largest absolute Gasteiger partial charge is 0.497 e. The molecule has 0 radical (unpaired) electrons. The molecule has 17 heavy (non-hydrogen) atoms. The van der Waals surface area contributed by atoms with E-state index in [-0.39, 0.29) is 6.04 Å². The molecule has 1 heterocycles. The predicted octanol–water partition coefficient (Wildman–Crippen LogP) is 1.92. The fourth-order valence-electron chi connectivity index (χ4n) is 1.85. The van der Waals surface area contributed by atoms with Crippen molar-refractivity contribution in [3.8, 4) is 5.75 Å². The average Bonchev–Trinajstić information content (AvgIpc) is 2.89. The molecule has 1 atom stereocenters. The van der Waals surface area contributed by atoms with Gasteiger partial charge in [-0.05, 0) is 24.7 Å². The summed E-state index contributed by atoms with van der Waals surface area (Å²) in [5.74, 6) is 1.86. The number of ether oxygens (including phenoxy) is 1. The van der Waals surface area contributed by atoms with E-state index >= 15 is 0 Å². The van der Waals surface area contributed by atoms with Crippen LogP contribution in [0.5, 0.6) is 5.75 Å². The van der Waals surface area contributed by atoms with E-state index < -0.39 is 0 Å². The molecule has 0 saturated heterocycles. The topological polar surface area (TPSA) is 49.9 Å². The molecule has 2 rings (SSSR count). The molecule has 4 heteroatoms. The van der Waals surface area contributed by atoms with Crippen molar-refractivity contribution in [2.45, 2.75) is 12.5 Å². The van der Waals surface area contributed by atoms with Crippen LogP contribution < -0.4 is 10.1 Å². The molecule has 0 bridgehead atoms. The van der Waals surface area contributed by atoms with Gasteiger partial charge in [0.1, 0.15) is 11.6 Å². The molecule has 0 aliphatic rings. The third-order valence-electron chi connectivity index (χ3n) is 2.80. The maximum atomic E-state index is 5.23. The number of aromatic nitrogens is 2. The zero-order valence-corrected chi connectivity index (χ0v) is 10.1. The number of hydrogen-bond donors (Lipinski definition) is 2. The second-order valence-corrected chi connectivity index (χ2v) is 3.86. The van der Waals surface area contributed by atoms with Crippen molar-refractivity contribution < 1.29 is 4.74 Å². The van der Waals surface area contributed by atoms with Crippen LogP contribution in [-0.4, -0.2) is 24.1 Å². The van der Waals surface area contributed by atoms with Crippen molar-refractivity contribution in [3.63, 3.8) is 0 Å². The van der Waals surface area contributed by atoms with Crippen molar-refractivity contribution in [1.82, 2.24) is 15.3 Å². The van der Waals surface area contributed by atoms with Crippen LogP contribution in [0, 0.1) is 0 Å². The van der Waals surface area contributed by atoms with Gasteiger partial charge in [0.15, 0.2) is 0 Å². The van der Waals surface area contributed by atoms with E-state index in [2.05, 4.69) is 21.4 Å². The second kappa shape index (κ2) is 5.50. The fraction of sp³-hybridized carbons (Fsp3) is 0.308. The summed E-state index contributed by atoms with van der Waals surface area (Å²) in [5.41, 5.74) is 1.20. The van der Waals surface area contributed by atoms with Gasteiger partial charge >= 0.3 is 0 Å². The molecule has 1 aromatic heterocycles. The minimum Gasteiger partial charge on any atom is -0.497 e. The summed E-state index contributed by atoms with van der Waals surface area (Å²) in [4.78, 5) is 7.36. The van der Waals surface area contributed by atoms with E-state index in [1.165, 1.54) is 5.56 Å². The summed E-state index contributed by atoms with van der Waals surface area (Å²) < 4.78 is 5.23. The highest BCUT2D eigenvalue weighted by Gasteiger charge is 2.11. The molecule has 0 saturated carbocycles. The summed E-state index contributed by atoms with van der Waals surface area (Å²) in [6.45, 7) is 0. The van der Waals surface area contributed by atoms with Crippen LogP contribution in [0.15, 0.2) is 36.7 Å². The monoisotopic (exact) mass is 231 g/mol. The number of H-pyrrole nitrogens is 1. The van der Waals surface area contributed by atoms with Gasteiger partial charge in [-0.1, -0.05) is 12.1 Å². The van der Waals surface area contributed by atoms with Crippen molar-refractivity contribution in [2.24, 2.45) is 0 Å². The number of methoxy groups -OCH3 is 1. The number of likely N-dealkylation sites (N-methyl/N-ethyl adjacent to an activating group) is 1. The fourth-order valence-corrected chi connectivity index (χ4v) is 1.85. The van der Waals surface area contributed by atoms with Crippen LogP contribution in [0.3, 0.4) is 0 Å². The summed E-state index contributed by atoms with van der Waals surface area (Å²) in [6.07, 6.45) is 4.44. The Balaban J connectivity index is 2.16.